The Kier molecular flexibility index (Phi) is 14.8. The van der Waals surface area contributed by atoms with Crippen molar-refractivity contribution in [2.24, 2.45) is 17.8 Å². The molecule has 326 valence electrons. The third kappa shape index (κ3) is 9.76. The zero-order valence-corrected chi connectivity index (χ0v) is 34.4. The third-order valence-electron chi connectivity index (χ3n) is 12.9. The number of aliphatic hydroxyl groups excluding tert-OH is 2. The Morgan fingerprint density at radius 3 is 1.48 bits per heavy atom. The molecular formula is C48H56O13. The number of rotatable bonds is 17. The number of carbonyl (C=O) groups excluding carboxylic acids is 6. The van der Waals surface area contributed by atoms with E-state index in [1.54, 1.807) is 60.7 Å². The summed E-state index contributed by atoms with van der Waals surface area (Å²) >= 11 is 0. The van der Waals surface area contributed by atoms with E-state index in [1.165, 1.54) is 0 Å². The van der Waals surface area contributed by atoms with Gasteiger partial charge >= 0.3 is 11.9 Å². The van der Waals surface area contributed by atoms with Gasteiger partial charge in [-0.1, -0.05) is 99.2 Å². The highest BCUT2D eigenvalue weighted by molar-refractivity contribution is 6.06. The molecule has 3 aliphatic carbocycles. The summed E-state index contributed by atoms with van der Waals surface area (Å²) < 4.78 is 10.2. The number of ketones is 3. The summed E-state index contributed by atoms with van der Waals surface area (Å²) in [6.07, 6.45) is 6.17. The molecule has 3 aromatic rings. The Bertz CT molecular complexity index is 2080. The summed E-state index contributed by atoms with van der Waals surface area (Å²) in [7, 11) is 0. The minimum absolute atomic E-state index is 0.0891. The van der Waals surface area contributed by atoms with Gasteiger partial charge in [0.15, 0.2) is 17.3 Å². The molecule has 3 fully saturated rings. The molecule has 5 N–H and O–H groups in total. The van der Waals surface area contributed by atoms with Crippen LogP contribution in [0.4, 0.5) is 0 Å². The second kappa shape index (κ2) is 19.9. The molecule has 3 aliphatic rings. The third-order valence-corrected chi connectivity index (χ3v) is 12.9. The quantitative estimate of drug-likeness (QED) is 0.0721. The Balaban J connectivity index is 1.24. The van der Waals surface area contributed by atoms with E-state index in [0.717, 1.165) is 16.7 Å². The molecule has 0 bridgehead atoms. The number of hydrogen-bond donors (Lipinski definition) is 5. The van der Waals surface area contributed by atoms with Gasteiger partial charge in [0, 0.05) is 16.7 Å². The molecule has 0 radical (unpaired) electrons. The molecule has 0 heterocycles. The highest BCUT2D eigenvalue weighted by Crippen LogP contribution is 2.40. The molecule has 13 heteroatoms. The average molecular weight is 841 g/mol. The Morgan fingerprint density at radius 2 is 1.00 bits per heavy atom. The van der Waals surface area contributed by atoms with Gasteiger partial charge in [0.1, 0.15) is 36.3 Å². The summed E-state index contributed by atoms with van der Waals surface area (Å²) in [4.78, 5) is 79.5. The van der Waals surface area contributed by atoms with Gasteiger partial charge in [-0.3, -0.25) is 24.0 Å². The lowest BCUT2D eigenvalue weighted by Crippen LogP contribution is -2.51. The van der Waals surface area contributed by atoms with Gasteiger partial charge in [-0.05, 0) is 79.7 Å². The zero-order valence-electron chi connectivity index (χ0n) is 34.4. The van der Waals surface area contributed by atoms with E-state index in [0.29, 0.717) is 63.2 Å². The van der Waals surface area contributed by atoms with E-state index < -0.39 is 63.8 Å². The maximum absolute atomic E-state index is 14.4. The standard InChI is InChI=1S/C48H56O13/c49-23-25-60-44(55)39-8-2-5-21-47(39,58)41(52)34-15-10-31(11-16-34)27-33-14-19-36(38(29-33)43(54)46(57)20-4-1-7-37(46)30-51)28-32-12-17-35(18-13-32)42(53)48(59)22-6-3-9-40(48)45(56)61-26-24-50/h10-19,29-30,37,39-40,49-50,57-59H,1-9,20-28H2. The summed E-state index contributed by atoms with van der Waals surface area (Å²) in [5.74, 6) is -6.17. The van der Waals surface area contributed by atoms with Gasteiger partial charge in [-0.25, -0.2) is 0 Å². The van der Waals surface area contributed by atoms with Crippen molar-refractivity contribution >= 4 is 35.6 Å². The van der Waals surface area contributed by atoms with Gasteiger partial charge in [-0.2, -0.15) is 0 Å². The molecule has 0 spiro atoms. The van der Waals surface area contributed by atoms with Crippen LogP contribution in [0.15, 0.2) is 66.7 Å². The van der Waals surface area contributed by atoms with Crippen LogP contribution in [0, 0.1) is 17.8 Å². The zero-order chi connectivity index (χ0) is 43.8. The Labute approximate surface area is 355 Å². The van der Waals surface area contributed by atoms with E-state index >= 15 is 0 Å². The number of aliphatic hydroxyl groups is 5. The van der Waals surface area contributed by atoms with Crippen LogP contribution in [0.1, 0.15) is 130 Å². The fraction of sp³-hybridized carbons (Fsp3) is 0.500. The van der Waals surface area contributed by atoms with Crippen molar-refractivity contribution in [1.82, 2.24) is 0 Å². The first-order chi connectivity index (χ1) is 29.3. The second-order valence-electron chi connectivity index (χ2n) is 16.9. The molecule has 3 aromatic carbocycles. The molecular weight excluding hydrogens is 785 g/mol. The van der Waals surface area contributed by atoms with Crippen LogP contribution in [0.2, 0.25) is 0 Å². The van der Waals surface area contributed by atoms with Crippen molar-refractivity contribution < 1.29 is 63.8 Å². The molecule has 6 atom stereocenters. The Hall–Kier alpha value is -4.92. The smallest absolute Gasteiger partial charge is 0.312 e. The number of ether oxygens (including phenoxy) is 2. The van der Waals surface area contributed by atoms with Gasteiger partial charge < -0.3 is 39.8 Å². The van der Waals surface area contributed by atoms with Crippen LogP contribution in [0.3, 0.4) is 0 Å². The lowest BCUT2D eigenvalue weighted by molar-refractivity contribution is -0.160. The molecule has 0 aromatic heterocycles. The Morgan fingerprint density at radius 1 is 0.557 bits per heavy atom. The topological polar surface area (TPSA) is 222 Å². The van der Waals surface area contributed by atoms with Gasteiger partial charge in [-0.15, -0.1) is 0 Å². The van der Waals surface area contributed by atoms with Crippen LogP contribution in [0.5, 0.6) is 0 Å². The number of aldehydes is 1. The average Bonchev–Trinajstić information content (AvgIpc) is 3.28. The lowest BCUT2D eigenvalue weighted by atomic mass is 9.71. The van der Waals surface area contributed by atoms with E-state index in [4.69, 9.17) is 19.7 Å². The van der Waals surface area contributed by atoms with Gasteiger partial charge in [0.05, 0.1) is 31.0 Å². The number of benzene rings is 3. The largest absolute Gasteiger partial charge is 0.463 e. The number of Topliss-reactive ketones (excluding diaryl/α,β-unsaturated/α-hetero) is 3. The van der Waals surface area contributed by atoms with E-state index in [2.05, 4.69) is 0 Å². The minimum Gasteiger partial charge on any atom is -0.463 e. The van der Waals surface area contributed by atoms with Crippen LogP contribution in [-0.4, -0.2) is 104 Å². The van der Waals surface area contributed by atoms with E-state index in [9.17, 15) is 44.1 Å². The maximum atomic E-state index is 14.4. The summed E-state index contributed by atoms with van der Waals surface area (Å²) in [5.41, 5.74) is -2.31. The van der Waals surface area contributed by atoms with Crippen LogP contribution >= 0.6 is 0 Å². The van der Waals surface area contributed by atoms with Crippen LogP contribution in [0.25, 0.3) is 0 Å². The second-order valence-corrected chi connectivity index (χ2v) is 16.9. The summed E-state index contributed by atoms with van der Waals surface area (Å²) in [6.45, 7) is -1.20. The molecule has 0 saturated heterocycles. The van der Waals surface area contributed by atoms with Gasteiger partial charge in [0.2, 0.25) is 0 Å². The highest BCUT2D eigenvalue weighted by Gasteiger charge is 2.51. The molecule has 13 nitrogen and oxygen atoms in total. The highest BCUT2D eigenvalue weighted by atomic mass is 16.5. The molecule has 0 aliphatic heterocycles. The fourth-order valence-corrected chi connectivity index (χ4v) is 9.46. The number of carbonyl (C=O) groups is 6. The monoisotopic (exact) mass is 840 g/mol. The first-order valence-electron chi connectivity index (χ1n) is 21.4. The molecule has 61 heavy (non-hydrogen) atoms. The van der Waals surface area contributed by atoms with Crippen molar-refractivity contribution in [2.75, 3.05) is 26.4 Å². The molecule has 6 unspecified atom stereocenters. The first-order valence-corrected chi connectivity index (χ1v) is 21.4. The van der Waals surface area contributed by atoms with E-state index in [1.807, 2.05) is 6.07 Å². The predicted octanol–water partition coefficient (Wildman–Crippen LogP) is 4.45. The molecule has 3 saturated carbocycles. The SMILES string of the molecule is O=CC1CCCCC1(O)C(=O)c1cc(Cc2ccc(C(=O)C3(O)CCCCC3C(=O)OCCO)cc2)ccc1Cc1ccc(C(=O)C2(O)CCCCC2C(=O)OCCO)cc1. The number of esters is 2. The normalized spacial score (nSPS) is 26.5. The number of hydrogen-bond acceptors (Lipinski definition) is 13. The van der Waals surface area contributed by atoms with Crippen molar-refractivity contribution in [3.05, 3.63) is 106 Å². The van der Waals surface area contributed by atoms with Crippen molar-refractivity contribution in [3.63, 3.8) is 0 Å². The van der Waals surface area contributed by atoms with Crippen molar-refractivity contribution in [3.8, 4) is 0 Å². The first kappa shape index (κ1) is 45.6. The van der Waals surface area contributed by atoms with Crippen molar-refractivity contribution in [2.45, 2.75) is 107 Å². The fourth-order valence-electron chi connectivity index (χ4n) is 9.46. The van der Waals surface area contributed by atoms with Crippen LogP contribution < -0.4 is 0 Å². The summed E-state index contributed by atoms with van der Waals surface area (Å²) in [5, 5.41) is 53.1. The van der Waals surface area contributed by atoms with E-state index in [-0.39, 0.29) is 81.6 Å². The summed E-state index contributed by atoms with van der Waals surface area (Å²) in [6, 6.07) is 18.6. The molecule has 6 rings (SSSR count). The predicted molar refractivity (Wildman–Crippen MR) is 221 cm³/mol. The van der Waals surface area contributed by atoms with Crippen molar-refractivity contribution in [1.29, 1.82) is 0 Å². The minimum atomic E-state index is -1.96. The lowest BCUT2D eigenvalue weighted by Gasteiger charge is -2.37. The van der Waals surface area contributed by atoms with Gasteiger partial charge in [0.25, 0.3) is 0 Å². The molecule has 0 amide bonds. The van der Waals surface area contributed by atoms with Crippen LogP contribution in [-0.2, 0) is 36.7 Å². The maximum Gasteiger partial charge on any atom is 0.312 e.